The van der Waals surface area contributed by atoms with Gasteiger partial charge in [-0.15, -0.1) is 0 Å². The lowest BCUT2D eigenvalue weighted by Gasteiger charge is -2.12. The van der Waals surface area contributed by atoms with Gasteiger partial charge in [0.05, 0.1) is 0 Å². The number of halogens is 1. The fourth-order valence-corrected chi connectivity index (χ4v) is 5.11. The number of oxazole rings is 1. The molecule has 38 heavy (non-hydrogen) atoms. The zero-order valence-corrected chi connectivity index (χ0v) is 20.4. The summed E-state index contributed by atoms with van der Waals surface area (Å²) in [7, 11) is 0. The van der Waals surface area contributed by atoms with Gasteiger partial charge in [-0.25, -0.2) is 9.37 Å². The van der Waals surface area contributed by atoms with Crippen molar-refractivity contribution in [1.29, 1.82) is 0 Å². The summed E-state index contributed by atoms with van der Waals surface area (Å²) in [6.07, 6.45) is 0. The van der Waals surface area contributed by atoms with Crippen LogP contribution in [0.1, 0.15) is 0 Å². The quantitative estimate of drug-likeness (QED) is 0.245. The third kappa shape index (κ3) is 3.95. The van der Waals surface area contributed by atoms with E-state index < -0.39 is 0 Å². The smallest absolute Gasteiger partial charge is 0.227 e. The molecule has 1 aromatic heterocycles. The van der Waals surface area contributed by atoms with E-state index in [9.17, 15) is 4.39 Å². The first kappa shape index (κ1) is 22.2. The molecule has 0 bridgehead atoms. The van der Waals surface area contributed by atoms with Crippen LogP contribution in [0.2, 0.25) is 0 Å². The molecule has 0 spiro atoms. The molecule has 1 heterocycles. The summed E-state index contributed by atoms with van der Waals surface area (Å²) < 4.78 is 19.8. The fraction of sp³-hybridized carbons (Fsp3) is 0. The summed E-state index contributed by atoms with van der Waals surface area (Å²) in [6, 6.07) is 44.0. The molecule has 0 amide bonds. The van der Waals surface area contributed by atoms with Gasteiger partial charge in [-0.1, -0.05) is 97.1 Å². The molecule has 7 rings (SSSR count). The van der Waals surface area contributed by atoms with Crippen LogP contribution >= 0.6 is 0 Å². The number of benzene rings is 6. The van der Waals surface area contributed by atoms with Gasteiger partial charge in [0, 0.05) is 5.56 Å². The van der Waals surface area contributed by atoms with Crippen LogP contribution in [0.3, 0.4) is 0 Å². The van der Waals surface area contributed by atoms with Gasteiger partial charge in [0.15, 0.2) is 5.58 Å². The van der Waals surface area contributed by atoms with E-state index in [0.717, 1.165) is 60.8 Å². The maximum atomic E-state index is 13.7. The summed E-state index contributed by atoms with van der Waals surface area (Å²) in [6.45, 7) is 0. The van der Waals surface area contributed by atoms with Crippen molar-refractivity contribution in [2.45, 2.75) is 0 Å². The van der Waals surface area contributed by atoms with E-state index in [1.165, 1.54) is 6.07 Å². The monoisotopic (exact) mass is 491 g/mol. The van der Waals surface area contributed by atoms with E-state index in [1.54, 1.807) is 12.1 Å². The minimum absolute atomic E-state index is 0.228. The summed E-state index contributed by atoms with van der Waals surface area (Å²) in [5, 5.41) is 2.24. The Labute approximate surface area is 219 Å². The summed E-state index contributed by atoms with van der Waals surface area (Å²) >= 11 is 0. The van der Waals surface area contributed by atoms with E-state index in [-0.39, 0.29) is 5.82 Å². The fourth-order valence-electron chi connectivity index (χ4n) is 5.11. The first-order chi connectivity index (χ1) is 18.7. The van der Waals surface area contributed by atoms with E-state index >= 15 is 0 Å². The number of para-hydroxylation sites is 2. The lowest BCUT2D eigenvalue weighted by atomic mass is 9.92. The molecule has 0 aliphatic heterocycles. The van der Waals surface area contributed by atoms with E-state index in [0.29, 0.717) is 5.89 Å². The molecule has 0 aliphatic carbocycles. The van der Waals surface area contributed by atoms with Crippen LogP contribution < -0.4 is 0 Å². The average Bonchev–Trinajstić information content (AvgIpc) is 3.41. The maximum Gasteiger partial charge on any atom is 0.227 e. The number of hydrogen-bond donors (Lipinski definition) is 0. The van der Waals surface area contributed by atoms with Crippen molar-refractivity contribution in [2.24, 2.45) is 0 Å². The molecule has 0 unspecified atom stereocenters. The lowest BCUT2D eigenvalue weighted by molar-refractivity contribution is 0.620. The first-order valence-electron chi connectivity index (χ1n) is 12.6. The molecular weight excluding hydrogens is 469 g/mol. The highest BCUT2D eigenvalue weighted by atomic mass is 19.1. The molecule has 2 nitrogen and oxygen atoms in total. The Balaban J connectivity index is 1.28. The van der Waals surface area contributed by atoms with Crippen molar-refractivity contribution < 1.29 is 8.81 Å². The van der Waals surface area contributed by atoms with Crippen LogP contribution in [-0.2, 0) is 0 Å². The number of fused-ring (bicyclic) bond motifs is 2. The number of hydrogen-bond acceptors (Lipinski definition) is 2. The van der Waals surface area contributed by atoms with Gasteiger partial charge >= 0.3 is 0 Å². The van der Waals surface area contributed by atoms with Gasteiger partial charge in [0.1, 0.15) is 11.3 Å². The summed E-state index contributed by atoms with van der Waals surface area (Å²) in [5.41, 5.74) is 9.00. The zero-order chi connectivity index (χ0) is 25.5. The first-order valence-corrected chi connectivity index (χ1v) is 12.6. The normalized spacial score (nSPS) is 11.3. The van der Waals surface area contributed by atoms with Crippen molar-refractivity contribution in [2.75, 3.05) is 0 Å². The molecule has 0 radical (unpaired) electrons. The Morgan fingerprint density at radius 3 is 1.82 bits per heavy atom. The van der Waals surface area contributed by atoms with Crippen molar-refractivity contribution in [3.63, 3.8) is 0 Å². The molecule has 3 heteroatoms. The Morgan fingerprint density at radius 2 is 1.08 bits per heavy atom. The van der Waals surface area contributed by atoms with Crippen LogP contribution in [0.4, 0.5) is 4.39 Å². The van der Waals surface area contributed by atoms with Crippen LogP contribution in [0, 0.1) is 5.82 Å². The average molecular weight is 492 g/mol. The maximum absolute atomic E-state index is 13.7. The zero-order valence-electron chi connectivity index (χ0n) is 20.4. The standard InChI is InChI=1S/C35H22FNO/c36-28-10-6-8-26(22-28)24-17-15-23(16-18-24)25-7-5-9-27(21-25)29-19-20-32(31-12-2-1-11-30(29)31)35-37-33-13-3-4-14-34(33)38-35/h1-22H. The number of rotatable bonds is 4. The molecule has 7 aromatic rings. The van der Waals surface area contributed by atoms with Gasteiger partial charge < -0.3 is 4.42 Å². The Morgan fingerprint density at radius 1 is 0.474 bits per heavy atom. The Bertz CT molecular complexity index is 1900. The predicted octanol–water partition coefficient (Wildman–Crippen LogP) is 9.79. The minimum atomic E-state index is -0.228. The molecule has 0 atom stereocenters. The largest absolute Gasteiger partial charge is 0.436 e. The lowest BCUT2D eigenvalue weighted by Crippen LogP contribution is -1.87. The van der Waals surface area contributed by atoms with Gasteiger partial charge in [0.25, 0.3) is 0 Å². The van der Waals surface area contributed by atoms with Crippen molar-refractivity contribution in [1.82, 2.24) is 4.98 Å². The van der Waals surface area contributed by atoms with E-state index in [2.05, 4.69) is 72.8 Å². The number of aromatic nitrogens is 1. The molecule has 6 aromatic carbocycles. The Kier molecular flexibility index (Phi) is 5.33. The molecule has 0 N–H and O–H groups in total. The molecule has 0 saturated carbocycles. The molecular formula is C35H22FNO. The van der Waals surface area contributed by atoms with Crippen LogP contribution in [0.5, 0.6) is 0 Å². The molecule has 0 aliphatic rings. The highest BCUT2D eigenvalue weighted by Gasteiger charge is 2.14. The van der Waals surface area contributed by atoms with Crippen molar-refractivity contribution in [3.05, 3.63) is 139 Å². The third-order valence-corrected chi connectivity index (χ3v) is 7.00. The second kappa shape index (κ2) is 9.13. The summed E-state index contributed by atoms with van der Waals surface area (Å²) in [4.78, 5) is 4.74. The topological polar surface area (TPSA) is 26.0 Å². The highest BCUT2D eigenvalue weighted by molar-refractivity contribution is 6.04. The van der Waals surface area contributed by atoms with E-state index in [1.807, 2.05) is 42.5 Å². The van der Waals surface area contributed by atoms with Crippen molar-refractivity contribution >= 4 is 21.9 Å². The molecule has 0 fully saturated rings. The molecule has 180 valence electrons. The van der Waals surface area contributed by atoms with Crippen LogP contribution in [0.25, 0.3) is 66.7 Å². The SMILES string of the molecule is Fc1cccc(-c2ccc(-c3cccc(-c4ccc(-c5nc6ccccc6o5)c5ccccc45)c3)cc2)c1. The predicted molar refractivity (Wildman–Crippen MR) is 153 cm³/mol. The Hall–Kier alpha value is -5.02. The number of nitrogens with zero attached hydrogens (tertiary/aromatic N) is 1. The van der Waals surface area contributed by atoms with E-state index in [4.69, 9.17) is 9.40 Å². The van der Waals surface area contributed by atoms with Crippen molar-refractivity contribution in [3.8, 4) is 44.8 Å². The van der Waals surface area contributed by atoms with Gasteiger partial charge in [-0.2, -0.15) is 0 Å². The highest BCUT2D eigenvalue weighted by Crippen LogP contribution is 2.37. The second-order valence-corrected chi connectivity index (χ2v) is 9.36. The van der Waals surface area contributed by atoms with Crippen LogP contribution in [-0.4, -0.2) is 4.98 Å². The van der Waals surface area contributed by atoms with Gasteiger partial charge in [-0.05, 0) is 80.6 Å². The third-order valence-electron chi connectivity index (χ3n) is 7.00. The van der Waals surface area contributed by atoms with Gasteiger partial charge in [-0.3, -0.25) is 0 Å². The van der Waals surface area contributed by atoms with Crippen LogP contribution in [0.15, 0.2) is 138 Å². The minimum Gasteiger partial charge on any atom is -0.436 e. The second-order valence-electron chi connectivity index (χ2n) is 9.36. The summed E-state index contributed by atoms with van der Waals surface area (Å²) in [5.74, 6) is 0.398. The van der Waals surface area contributed by atoms with Gasteiger partial charge in [0.2, 0.25) is 5.89 Å². The molecule has 0 saturated heterocycles.